The highest BCUT2D eigenvalue weighted by Crippen LogP contribution is 2.10. The van der Waals surface area contributed by atoms with Gasteiger partial charge in [-0.25, -0.2) is 0 Å². The maximum Gasteiger partial charge on any atom is 0.282 e. The van der Waals surface area contributed by atoms with E-state index >= 15 is 0 Å². The first kappa shape index (κ1) is 8.90. The smallest absolute Gasteiger partial charge is 0.282 e. The zero-order valence-electron chi connectivity index (χ0n) is 7.45. The standard InChI is InChI=1S/C8H13N3OS/c12-8-7(9-13-10-8)6-11-4-2-1-3-5-11/h1-6H2,(H,10,12). The van der Waals surface area contributed by atoms with Gasteiger partial charge in [0.2, 0.25) is 0 Å². The zero-order chi connectivity index (χ0) is 9.10. The zero-order valence-corrected chi connectivity index (χ0v) is 8.27. The fraction of sp³-hybridized carbons (Fsp3) is 0.750. The van der Waals surface area contributed by atoms with Gasteiger partial charge in [0.25, 0.3) is 5.56 Å². The maximum absolute atomic E-state index is 11.2. The van der Waals surface area contributed by atoms with Crippen molar-refractivity contribution in [3.05, 3.63) is 16.0 Å². The molecule has 1 aliphatic rings. The molecule has 0 spiro atoms. The molecular formula is C8H13N3OS. The second-order valence-corrected chi connectivity index (χ2v) is 3.97. The van der Waals surface area contributed by atoms with Crippen LogP contribution in [-0.4, -0.2) is 26.7 Å². The number of hydrogen-bond donors (Lipinski definition) is 1. The molecule has 13 heavy (non-hydrogen) atoms. The molecule has 5 heteroatoms. The third kappa shape index (κ3) is 2.16. The number of H-pyrrole nitrogens is 1. The van der Waals surface area contributed by atoms with Gasteiger partial charge < -0.3 is 0 Å². The molecule has 1 aromatic heterocycles. The summed E-state index contributed by atoms with van der Waals surface area (Å²) in [7, 11) is 0. The van der Waals surface area contributed by atoms with Crippen molar-refractivity contribution in [3.63, 3.8) is 0 Å². The molecule has 1 aromatic rings. The van der Waals surface area contributed by atoms with Crippen LogP contribution in [0.5, 0.6) is 0 Å². The third-order valence-electron chi connectivity index (χ3n) is 2.38. The lowest BCUT2D eigenvalue weighted by Crippen LogP contribution is -2.31. The topological polar surface area (TPSA) is 49.0 Å². The van der Waals surface area contributed by atoms with Gasteiger partial charge >= 0.3 is 0 Å². The molecule has 1 saturated heterocycles. The summed E-state index contributed by atoms with van der Waals surface area (Å²) in [5, 5.41) is 0. The first-order valence-electron chi connectivity index (χ1n) is 4.62. The Morgan fingerprint density at radius 3 is 2.77 bits per heavy atom. The summed E-state index contributed by atoms with van der Waals surface area (Å²) in [5.74, 6) is 0. The fourth-order valence-electron chi connectivity index (χ4n) is 1.65. The van der Waals surface area contributed by atoms with Crippen LogP contribution in [0.2, 0.25) is 0 Å². The number of rotatable bonds is 2. The molecule has 0 atom stereocenters. The lowest BCUT2D eigenvalue weighted by molar-refractivity contribution is 0.218. The van der Waals surface area contributed by atoms with Gasteiger partial charge in [0.05, 0.1) is 0 Å². The molecule has 0 bridgehead atoms. The second kappa shape index (κ2) is 4.02. The van der Waals surface area contributed by atoms with Crippen molar-refractivity contribution in [3.8, 4) is 0 Å². The Morgan fingerprint density at radius 2 is 2.15 bits per heavy atom. The highest BCUT2D eigenvalue weighted by molar-refractivity contribution is 6.99. The summed E-state index contributed by atoms with van der Waals surface area (Å²) < 4.78 is 6.65. The number of nitrogens with one attached hydrogen (secondary N) is 1. The summed E-state index contributed by atoms with van der Waals surface area (Å²) in [5.41, 5.74) is 0.655. The van der Waals surface area contributed by atoms with E-state index in [2.05, 4.69) is 13.6 Å². The molecule has 2 rings (SSSR count). The molecule has 4 nitrogen and oxygen atoms in total. The average Bonchev–Trinajstić information content (AvgIpc) is 2.54. The van der Waals surface area contributed by atoms with Crippen LogP contribution < -0.4 is 5.56 Å². The van der Waals surface area contributed by atoms with Crippen LogP contribution in [0, 0.1) is 0 Å². The molecule has 1 aliphatic heterocycles. The van der Waals surface area contributed by atoms with E-state index in [4.69, 9.17) is 0 Å². The molecule has 72 valence electrons. The van der Waals surface area contributed by atoms with Crippen LogP contribution in [-0.2, 0) is 6.54 Å². The van der Waals surface area contributed by atoms with Gasteiger partial charge in [-0.15, -0.1) is 0 Å². The van der Waals surface area contributed by atoms with Crippen LogP contribution in [0.25, 0.3) is 0 Å². The van der Waals surface area contributed by atoms with Gasteiger partial charge in [0.15, 0.2) is 0 Å². The average molecular weight is 199 g/mol. The van der Waals surface area contributed by atoms with Crippen LogP contribution in [0.4, 0.5) is 0 Å². The van der Waals surface area contributed by atoms with E-state index < -0.39 is 0 Å². The fourth-order valence-corrected chi connectivity index (χ4v) is 2.15. The van der Waals surface area contributed by atoms with Crippen molar-refractivity contribution in [2.24, 2.45) is 0 Å². The third-order valence-corrected chi connectivity index (χ3v) is 2.97. The van der Waals surface area contributed by atoms with Crippen LogP contribution >= 0.6 is 11.7 Å². The van der Waals surface area contributed by atoms with Crippen molar-refractivity contribution >= 4 is 11.7 Å². The predicted octanol–water partition coefficient (Wildman–Crippen LogP) is 0.817. The first-order valence-corrected chi connectivity index (χ1v) is 5.39. The maximum atomic E-state index is 11.2. The van der Waals surface area contributed by atoms with Gasteiger partial charge in [-0.3, -0.25) is 14.1 Å². The molecule has 0 radical (unpaired) electrons. The largest absolute Gasteiger partial charge is 0.297 e. The van der Waals surface area contributed by atoms with Crippen molar-refractivity contribution in [2.45, 2.75) is 25.8 Å². The van der Waals surface area contributed by atoms with Crippen molar-refractivity contribution in [2.75, 3.05) is 13.1 Å². The Bertz CT molecular complexity index is 313. The molecule has 0 unspecified atom stereocenters. The summed E-state index contributed by atoms with van der Waals surface area (Å²) in [6, 6.07) is 0. The lowest BCUT2D eigenvalue weighted by atomic mass is 10.1. The van der Waals surface area contributed by atoms with Crippen molar-refractivity contribution in [1.29, 1.82) is 0 Å². The monoisotopic (exact) mass is 199 g/mol. The summed E-state index contributed by atoms with van der Waals surface area (Å²) in [4.78, 5) is 13.5. The molecule has 0 saturated carbocycles. The van der Waals surface area contributed by atoms with E-state index in [1.807, 2.05) is 0 Å². The van der Waals surface area contributed by atoms with E-state index in [9.17, 15) is 4.79 Å². The number of aromatic amines is 1. The highest BCUT2D eigenvalue weighted by atomic mass is 32.1. The molecule has 0 aliphatic carbocycles. The number of nitrogens with zero attached hydrogens (tertiary/aromatic N) is 2. The van der Waals surface area contributed by atoms with Gasteiger partial charge in [0, 0.05) is 18.3 Å². The number of piperidine rings is 1. The SMILES string of the molecule is O=c1[nH]snc1CN1CCCCC1. The van der Waals surface area contributed by atoms with Crippen molar-refractivity contribution in [1.82, 2.24) is 13.6 Å². The molecule has 1 fully saturated rings. The molecular weight excluding hydrogens is 186 g/mol. The molecule has 1 N–H and O–H groups in total. The Labute approximate surface area is 80.9 Å². The summed E-state index contributed by atoms with van der Waals surface area (Å²) >= 11 is 1.14. The Balaban J connectivity index is 1.97. The van der Waals surface area contributed by atoms with Crippen LogP contribution in [0.1, 0.15) is 25.0 Å². The van der Waals surface area contributed by atoms with E-state index in [-0.39, 0.29) is 5.56 Å². The summed E-state index contributed by atoms with van der Waals surface area (Å²) in [6.07, 6.45) is 3.83. The lowest BCUT2D eigenvalue weighted by Gasteiger charge is -2.24. The quantitative estimate of drug-likeness (QED) is 0.767. The first-order chi connectivity index (χ1) is 6.36. The Hall–Kier alpha value is -0.680. The minimum absolute atomic E-state index is 0.0180. The van der Waals surface area contributed by atoms with E-state index in [1.165, 1.54) is 19.3 Å². The number of aromatic nitrogens is 2. The van der Waals surface area contributed by atoms with Crippen LogP contribution in [0.15, 0.2) is 4.79 Å². The van der Waals surface area contributed by atoms with Crippen LogP contribution in [0.3, 0.4) is 0 Å². The number of hydrogen-bond acceptors (Lipinski definition) is 4. The predicted molar refractivity (Wildman–Crippen MR) is 51.9 cm³/mol. The molecule has 0 aromatic carbocycles. The Kier molecular flexibility index (Phi) is 2.75. The van der Waals surface area contributed by atoms with Crippen molar-refractivity contribution < 1.29 is 0 Å². The van der Waals surface area contributed by atoms with E-state index in [1.54, 1.807) is 0 Å². The van der Waals surface area contributed by atoms with E-state index in [0.29, 0.717) is 5.69 Å². The van der Waals surface area contributed by atoms with Gasteiger partial charge in [-0.05, 0) is 25.9 Å². The molecule has 2 heterocycles. The van der Waals surface area contributed by atoms with Gasteiger partial charge in [-0.2, -0.15) is 4.37 Å². The van der Waals surface area contributed by atoms with E-state index in [0.717, 1.165) is 31.4 Å². The minimum Gasteiger partial charge on any atom is -0.297 e. The minimum atomic E-state index is -0.0180. The summed E-state index contributed by atoms with van der Waals surface area (Å²) in [6.45, 7) is 2.94. The second-order valence-electron chi connectivity index (χ2n) is 3.40. The highest BCUT2D eigenvalue weighted by Gasteiger charge is 2.13. The number of likely N-dealkylation sites (tertiary alicyclic amines) is 1. The Morgan fingerprint density at radius 1 is 1.38 bits per heavy atom. The van der Waals surface area contributed by atoms with Gasteiger partial charge in [0.1, 0.15) is 5.69 Å². The molecule has 0 amide bonds. The van der Waals surface area contributed by atoms with Gasteiger partial charge in [-0.1, -0.05) is 6.42 Å². The normalized spacial score (nSPS) is 19.1.